The zero-order valence-corrected chi connectivity index (χ0v) is 16.9. The zero-order chi connectivity index (χ0) is 20.1. The zero-order valence-electron chi connectivity index (χ0n) is 16.9. The van der Waals surface area contributed by atoms with Gasteiger partial charge in [-0.2, -0.15) is 0 Å². The van der Waals surface area contributed by atoms with E-state index in [9.17, 15) is 0 Å². The number of ether oxygens (including phenoxy) is 3. The maximum atomic E-state index is 6.16. The normalized spacial score (nSPS) is 13.3. The number of methoxy groups -OCH3 is 2. The van der Waals surface area contributed by atoms with Crippen LogP contribution in [0.15, 0.2) is 54.7 Å². The average molecular weight is 390 g/mol. The fraction of sp³-hybridized carbons (Fsp3) is 0.292. The lowest BCUT2D eigenvalue weighted by atomic mass is 9.96. The predicted octanol–water partition coefficient (Wildman–Crippen LogP) is 4.03. The Morgan fingerprint density at radius 2 is 1.66 bits per heavy atom. The summed E-state index contributed by atoms with van der Waals surface area (Å²) < 4.78 is 16.9. The van der Waals surface area contributed by atoms with Crippen molar-refractivity contribution in [2.45, 2.75) is 19.4 Å². The second-order valence-corrected chi connectivity index (χ2v) is 7.07. The number of nitrogens with zero attached hydrogens (tertiary/aromatic N) is 1. The summed E-state index contributed by atoms with van der Waals surface area (Å²) >= 11 is 0. The minimum Gasteiger partial charge on any atom is -0.497 e. The van der Waals surface area contributed by atoms with E-state index in [4.69, 9.17) is 14.2 Å². The van der Waals surface area contributed by atoms with E-state index in [2.05, 4.69) is 28.5 Å². The first-order chi connectivity index (χ1) is 14.3. The molecule has 2 aromatic carbocycles. The average Bonchev–Trinajstić information content (AvgIpc) is 3.02. The molecule has 3 aromatic rings. The first kappa shape index (κ1) is 19.3. The van der Waals surface area contributed by atoms with Crippen molar-refractivity contribution < 1.29 is 14.2 Å². The molecule has 0 aliphatic carbocycles. The van der Waals surface area contributed by atoms with Crippen LogP contribution in [0.4, 0.5) is 0 Å². The Morgan fingerprint density at radius 1 is 0.862 bits per heavy atom. The number of hydrogen-bond donors (Lipinski definition) is 1. The molecule has 5 heteroatoms. The third kappa shape index (κ3) is 4.51. The van der Waals surface area contributed by atoms with Gasteiger partial charge in [0.25, 0.3) is 0 Å². The fourth-order valence-electron chi connectivity index (χ4n) is 3.64. The Morgan fingerprint density at radius 3 is 2.48 bits per heavy atom. The molecule has 0 fully saturated rings. The van der Waals surface area contributed by atoms with Gasteiger partial charge in [-0.25, -0.2) is 0 Å². The molecule has 0 saturated heterocycles. The highest BCUT2D eigenvalue weighted by Gasteiger charge is 2.13. The molecule has 2 heterocycles. The van der Waals surface area contributed by atoms with Crippen molar-refractivity contribution >= 4 is 0 Å². The SMILES string of the molecule is COc1ccnc(COc2ccc(OC)cc2-c2ccc3c(c2)CCNCC3)c1. The number of pyridine rings is 1. The van der Waals surface area contributed by atoms with Crippen LogP contribution in [0.3, 0.4) is 0 Å². The molecule has 1 aromatic heterocycles. The van der Waals surface area contributed by atoms with Gasteiger partial charge in [-0.15, -0.1) is 0 Å². The molecule has 1 aliphatic rings. The molecule has 0 bridgehead atoms. The molecule has 150 valence electrons. The first-order valence-corrected chi connectivity index (χ1v) is 9.89. The molecule has 4 rings (SSSR count). The van der Waals surface area contributed by atoms with Crippen molar-refractivity contribution in [1.82, 2.24) is 10.3 Å². The molecule has 0 radical (unpaired) electrons. The highest BCUT2D eigenvalue weighted by atomic mass is 16.5. The molecule has 0 atom stereocenters. The predicted molar refractivity (Wildman–Crippen MR) is 114 cm³/mol. The Bertz CT molecular complexity index is 988. The summed E-state index contributed by atoms with van der Waals surface area (Å²) in [5, 5.41) is 3.47. The molecule has 1 aliphatic heterocycles. The van der Waals surface area contributed by atoms with Crippen molar-refractivity contribution in [2.75, 3.05) is 27.3 Å². The van der Waals surface area contributed by atoms with Crippen molar-refractivity contribution in [3.05, 3.63) is 71.5 Å². The lowest BCUT2D eigenvalue weighted by molar-refractivity contribution is 0.300. The highest BCUT2D eigenvalue weighted by molar-refractivity contribution is 5.73. The monoisotopic (exact) mass is 390 g/mol. The smallest absolute Gasteiger partial charge is 0.130 e. The van der Waals surface area contributed by atoms with Gasteiger partial charge in [0.15, 0.2) is 0 Å². The van der Waals surface area contributed by atoms with Gasteiger partial charge in [0.05, 0.1) is 19.9 Å². The van der Waals surface area contributed by atoms with Gasteiger partial charge in [0, 0.05) is 17.8 Å². The Hall–Kier alpha value is -3.05. The topological polar surface area (TPSA) is 52.6 Å². The second-order valence-electron chi connectivity index (χ2n) is 7.07. The molecular formula is C24H26N2O3. The van der Waals surface area contributed by atoms with Gasteiger partial charge in [0.2, 0.25) is 0 Å². The number of fused-ring (bicyclic) bond motifs is 1. The van der Waals surface area contributed by atoms with Gasteiger partial charge < -0.3 is 19.5 Å². The summed E-state index contributed by atoms with van der Waals surface area (Å²) in [5.74, 6) is 2.39. The number of rotatable bonds is 6. The lowest BCUT2D eigenvalue weighted by Crippen LogP contribution is -2.16. The van der Waals surface area contributed by atoms with E-state index in [1.807, 2.05) is 30.3 Å². The summed E-state index contributed by atoms with van der Waals surface area (Å²) in [6, 6.07) is 16.3. The summed E-state index contributed by atoms with van der Waals surface area (Å²) in [6.07, 6.45) is 3.84. The van der Waals surface area contributed by atoms with Crippen LogP contribution in [0, 0.1) is 0 Å². The third-order valence-corrected chi connectivity index (χ3v) is 5.25. The van der Waals surface area contributed by atoms with Crippen LogP contribution in [-0.4, -0.2) is 32.3 Å². The van der Waals surface area contributed by atoms with Gasteiger partial charge in [-0.1, -0.05) is 18.2 Å². The van der Waals surface area contributed by atoms with Crippen molar-refractivity contribution in [3.63, 3.8) is 0 Å². The molecule has 5 nitrogen and oxygen atoms in total. The Kier molecular flexibility index (Phi) is 5.96. The van der Waals surface area contributed by atoms with E-state index < -0.39 is 0 Å². The molecule has 0 unspecified atom stereocenters. The number of hydrogen-bond acceptors (Lipinski definition) is 5. The molecule has 0 spiro atoms. The molecule has 29 heavy (non-hydrogen) atoms. The second kappa shape index (κ2) is 8.97. The van der Waals surface area contributed by atoms with Crippen molar-refractivity contribution in [3.8, 4) is 28.4 Å². The number of benzene rings is 2. The number of aromatic nitrogens is 1. The maximum absolute atomic E-state index is 6.16. The van der Waals surface area contributed by atoms with Gasteiger partial charge >= 0.3 is 0 Å². The van der Waals surface area contributed by atoms with Gasteiger partial charge in [-0.3, -0.25) is 4.98 Å². The Balaban J connectivity index is 1.64. The minimum atomic E-state index is 0.366. The lowest BCUT2D eigenvalue weighted by Gasteiger charge is -2.15. The van der Waals surface area contributed by atoms with Gasteiger partial charge in [-0.05, 0) is 66.9 Å². The summed E-state index contributed by atoms with van der Waals surface area (Å²) in [4.78, 5) is 4.37. The molecular weight excluding hydrogens is 364 g/mol. The standard InChI is InChI=1S/C24H26N2O3/c1-27-21-5-6-24(29-16-20-14-22(28-2)9-12-26-20)23(15-21)19-4-3-17-7-10-25-11-8-18(17)13-19/h3-6,9,12-15,25H,7-8,10-11,16H2,1-2H3. The quantitative estimate of drug-likeness (QED) is 0.689. The maximum Gasteiger partial charge on any atom is 0.130 e. The van der Waals surface area contributed by atoms with E-state index in [0.717, 1.165) is 60.0 Å². The van der Waals surface area contributed by atoms with E-state index in [-0.39, 0.29) is 0 Å². The van der Waals surface area contributed by atoms with Crippen LogP contribution in [0.2, 0.25) is 0 Å². The molecule has 0 saturated carbocycles. The van der Waals surface area contributed by atoms with Crippen LogP contribution in [0.1, 0.15) is 16.8 Å². The summed E-state index contributed by atoms with van der Waals surface area (Å²) in [5.41, 5.74) is 5.80. The Labute approximate surface area is 171 Å². The first-order valence-electron chi connectivity index (χ1n) is 9.89. The van der Waals surface area contributed by atoms with E-state index in [1.165, 1.54) is 11.1 Å². The van der Waals surface area contributed by atoms with E-state index in [0.29, 0.717) is 6.61 Å². The van der Waals surface area contributed by atoms with E-state index >= 15 is 0 Å². The van der Waals surface area contributed by atoms with Crippen LogP contribution in [0.5, 0.6) is 17.2 Å². The van der Waals surface area contributed by atoms with Crippen molar-refractivity contribution in [2.24, 2.45) is 0 Å². The third-order valence-electron chi connectivity index (χ3n) is 5.25. The van der Waals surface area contributed by atoms with Crippen LogP contribution >= 0.6 is 0 Å². The largest absolute Gasteiger partial charge is 0.497 e. The number of nitrogens with one attached hydrogen (secondary N) is 1. The fourth-order valence-corrected chi connectivity index (χ4v) is 3.64. The summed E-state index contributed by atoms with van der Waals surface area (Å²) in [7, 11) is 3.33. The van der Waals surface area contributed by atoms with Crippen LogP contribution in [0.25, 0.3) is 11.1 Å². The van der Waals surface area contributed by atoms with Gasteiger partial charge in [0.1, 0.15) is 23.9 Å². The molecule has 1 N–H and O–H groups in total. The highest BCUT2D eigenvalue weighted by Crippen LogP contribution is 2.35. The van der Waals surface area contributed by atoms with Crippen molar-refractivity contribution in [1.29, 1.82) is 0 Å². The summed E-state index contributed by atoms with van der Waals surface area (Å²) in [6.45, 7) is 2.41. The van der Waals surface area contributed by atoms with E-state index in [1.54, 1.807) is 20.4 Å². The minimum absolute atomic E-state index is 0.366. The van der Waals surface area contributed by atoms with Crippen LogP contribution < -0.4 is 19.5 Å². The molecule has 0 amide bonds. The van der Waals surface area contributed by atoms with Crippen LogP contribution in [-0.2, 0) is 19.4 Å².